The zero-order chi connectivity index (χ0) is 10.1. The SMILES string of the molecule is Fc1ccc(-c2ccn[nH]2)c(F)c1F. The van der Waals surface area contributed by atoms with Crippen LogP contribution in [-0.2, 0) is 0 Å². The highest BCUT2D eigenvalue weighted by Crippen LogP contribution is 2.23. The number of nitrogens with one attached hydrogen (secondary N) is 1. The smallest absolute Gasteiger partial charge is 0.195 e. The van der Waals surface area contributed by atoms with E-state index in [4.69, 9.17) is 0 Å². The average Bonchev–Trinajstić information content (AvgIpc) is 2.67. The van der Waals surface area contributed by atoms with E-state index in [9.17, 15) is 13.2 Å². The number of aromatic nitrogens is 2. The van der Waals surface area contributed by atoms with Crippen LogP contribution in [-0.4, -0.2) is 10.2 Å². The van der Waals surface area contributed by atoms with E-state index in [2.05, 4.69) is 10.2 Å². The quantitative estimate of drug-likeness (QED) is 0.700. The monoisotopic (exact) mass is 198 g/mol. The number of nitrogens with zero attached hydrogens (tertiary/aromatic N) is 1. The second-order valence-corrected chi connectivity index (χ2v) is 2.69. The molecule has 1 aromatic carbocycles. The Bertz CT molecular complexity index is 451. The van der Waals surface area contributed by atoms with Crippen molar-refractivity contribution in [1.29, 1.82) is 0 Å². The molecule has 1 N–H and O–H groups in total. The summed E-state index contributed by atoms with van der Waals surface area (Å²) in [4.78, 5) is 0. The lowest BCUT2D eigenvalue weighted by atomic mass is 10.1. The fourth-order valence-electron chi connectivity index (χ4n) is 1.14. The molecule has 1 aromatic heterocycles. The second kappa shape index (κ2) is 3.17. The van der Waals surface area contributed by atoms with Crippen molar-refractivity contribution in [2.45, 2.75) is 0 Å². The van der Waals surface area contributed by atoms with Crippen molar-refractivity contribution in [3.8, 4) is 11.3 Å². The fourth-order valence-corrected chi connectivity index (χ4v) is 1.14. The summed E-state index contributed by atoms with van der Waals surface area (Å²) in [6, 6.07) is 3.49. The van der Waals surface area contributed by atoms with E-state index >= 15 is 0 Å². The highest BCUT2D eigenvalue weighted by atomic mass is 19.2. The van der Waals surface area contributed by atoms with Crippen LogP contribution in [0, 0.1) is 17.5 Å². The van der Waals surface area contributed by atoms with Crippen molar-refractivity contribution in [3.05, 3.63) is 41.8 Å². The molecule has 0 atom stereocenters. The summed E-state index contributed by atoms with van der Waals surface area (Å²) in [6.07, 6.45) is 1.40. The molecule has 0 saturated heterocycles. The van der Waals surface area contributed by atoms with Gasteiger partial charge in [-0.3, -0.25) is 5.10 Å². The molecule has 0 aliphatic heterocycles. The highest BCUT2D eigenvalue weighted by molar-refractivity contribution is 5.59. The van der Waals surface area contributed by atoms with Gasteiger partial charge in [-0.25, -0.2) is 13.2 Å². The summed E-state index contributed by atoms with van der Waals surface area (Å²) in [7, 11) is 0. The predicted octanol–water partition coefficient (Wildman–Crippen LogP) is 2.49. The molecule has 0 bridgehead atoms. The topological polar surface area (TPSA) is 28.7 Å². The first-order valence-corrected chi connectivity index (χ1v) is 3.83. The Morgan fingerprint density at radius 1 is 1.00 bits per heavy atom. The summed E-state index contributed by atoms with van der Waals surface area (Å²) in [5.41, 5.74) is 0.266. The minimum atomic E-state index is -1.47. The van der Waals surface area contributed by atoms with Crippen LogP contribution in [0.15, 0.2) is 24.4 Å². The molecular formula is C9H5F3N2. The zero-order valence-electron chi connectivity index (χ0n) is 6.89. The van der Waals surface area contributed by atoms with E-state index in [-0.39, 0.29) is 5.56 Å². The number of halogens is 3. The third-order valence-corrected chi connectivity index (χ3v) is 1.83. The summed E-state index contributed by atoms with van der Waals surface area (Å²) < 4.78 is 38.5. The number of hydrogen-bond acceptors (Lipinski definition) is 1. The van der Waals surface area contributed by atoms with Crippen LogP contribution in [0.5, 0.6) is 0 Å². The molecule has 72 valence electrons. The number of hydrogen-bond donors (Lipinski definition) is 1. The van der Waals surface area contributed by atoms with Gasteiger partial charge in [-0.2, -0.15) is 5.10 Å². The summed E-state index contributed by atoms with van der Waals surface area (Å²) in [5.74, 6) is -3.89. The Labute approximate surface area is 77.4 Å². The molecule has 0 radical (unpaired) electrons. The van der Waals surface area contributed by atoms with Gasteiger partial charge in [-0.15, -0.1) is 0 Å². The van der Waals surface area contributed by atoms with Gasteiger partial charge >= 0.3 is 0 Å². The van der Waals surface area contributed by atoms with Crippen LogP contribution >= 0.6 is 0 Å². The zero-order valence-corrected chi connectivity index (χ0v) is 6.89. The van der Waals surface area contributed by atoms with Crippen LogP contribution in [0.1, 0.15) is 0 Å². The van der Waals surface area contributed by atoms with Gasteiger partial charge in [0.15, 0.2) is 17.5 Å². The largest absolute Gasteiger partial charge is 0.278 e. The molecule has 0 aliphatic carbocycles. The second-order valence-electron chi connectivity index (χ2n) is 2.69. The number of H-pyrrole nitrogens is 1. The molecule has 0 aliphatic rings. The van der Waals surface area contributed by atoms with Crippen molar-refractivity contribution in [1.82, 2.24) is 10.2 Å². The maximum Gasteiger partial charge on any atom is 0.195 e. The minimum absolute atomic E-state index is 0.0404. The molecule has 0 unspecified atom stereocenters. The Kier molecular flexibility index (Phi) is 1.99. The molecule has 2 rings (SSSR count). The van der Waals surface area contributed by atoms with Gasteiger partial charge in [0.1, 0.15) is 0 Å². The first-order valence-electron chi connectivity index (χ1n) is 3.83. The molecule has 0 amide bonds. The first-order chi connectivity index (χ1) is 6.70. The number of aromatic amines is 1. The number of rotatable bonds is 1. The Morgan fingerprint density at radius 3 is 2.43 bits per heavy atom. The van der Waals surface area contributed by atoms with E-state index in [1.54, 1.807) is 0 Å². The Balaban J connectivity index is 2.61. The molecule has 2 aromatic rings. The van der Waals surface area contributed by atoms with Gasteiger partial charge in [0.05, 0.1) is 5.69 Å². The third-order valence-electron chi connectivity index (χ3n) is 1.83. The van der Waals surface area contributed by atoms with E-state index in [0.29, 0.717) is 5.69 Å². The molecular weight excluding hydrogens is 193 g/mol. The normalized spacial score (nSPS) is 10.5. The molecule has 14 heavy (non-hydrogen) atoms. The van der Waals surface area contributed by atoms with Gasteiger partial charge in [0.25, 0.3) is 0 Å². The van der Waals surface area contributed by atoms with Crippen LogP contribution in [0.2, 0.25) is 0 Å². The van der Waals surface area contributed by atoms with Crippen molar-refractivity contribution < 1.29 is 13.2 Å². The minimum Gasteiger partial charge on any atom is -0.278 e. The highest BCUT2D eigenvalue weighted by Gasteiger charge is 2.14. The van der Waals surface area contributed by atoms with E-state index in [0.717, 1.165) is 12.1 Å². The Morgan fingerprint density at radius 2 is 1.79 bits per heavy atom. The lowest BCUT2D eigenvalue weighted by molar-refractivity contribution is 0.449. The molecule has 1 heterocycles. The summed E-state index contributed by atoms with van der Waals surface area (Å²) in [6.45, 7) is 0. The first kappa shape index (κ1) is 8.80. The fraction of sp³-hybridized carbons (Fsp3) is 0. The Hall–Kier alpha value is -1.78. The van der Waals surface area contributed by atoms with Crippen LogP contribution < -0.4 is 0 Å². The molecule has 0 fully saturated rings. The van der Waals surface area contributed by atoms with Gasteiger partial charge in [-0.05, 0) is 18.2 Å². The van der Waals surface area contributed by atoms with Gasteiger partial charge < -0.3 is 0 Å². The average molecular weight is 198 g/mol. The van der Waals surface area contributed by atoms with Crippen molar-refractivity contribution >= 4 is 0 Å². The number of benzene rings is 1. The van der Waals surface area contributed by atoms with Crippen LogP contribution in [0.25, 0.3) is 11.3 Å². The van der Waals surface area contributed by atoms with Crippen molar-refractivity contribution in [3.63, 3.8) is 0 Å². The van der Waals surface area contributed by atoms with E-state index in [1.165, 1.54) is 12.3 Å². The van der Waals surface area contributed by atoms with E-state index in [1.807, 2.05) is 0 Å². The molecule has 0 saturated carbocycles. The maximum absolute atomic E-state index is 13.2. The molecule has 2 nitrogen and oxygen atoms in total. The lowest BCUT2D eigenvalue weighted by Gasteiger charge is -2.01. The van der Waals surface area contributed by atoms with Gasteiger partial charge in [0, 0.05) is 11.8 Å². The van der Waals surface area contributed by atoms with Crippen molar-refractivity contribution in [2.24, 2.45) is 0 Å². The standard InChI is InChI=1S/C9H5F3N2/c10-6-2-1-5(8(11)9(6)12)7-3-4-13-14-7/h1-4H,(H,13,14). The summed E-state index contributed by atoms with van der Waals surface area (Å²) >= 11 is 0. The van der Waals surface area contributed by atoms with Gasteiger partial charge in [0.2, 0.25) is 0 Å². The third kappa shape index (κ3) is 1.26. The van der Waals surface area contributed by atoms with Crippen LogP contribution in [0.3, 0.4) is 0 Å². The molecule has 0 spiro atoms. The van der Waals surface area contributed by atoms with Gasteiger partial charge in [-0.1, -0.05) is 0 Å². The molecule has 5 heteroatoms. The van der Waals surface area contributed by atoms with Crippen molar-refractivity contribution in [2.75, 3.05) is 0 Å². The van der Waals surface area contributed by atoms with E-state index < -0.39 is 17.5 Å². The predicted molar refractivity (Wildman–Crippen MR) is 43.9 cm³/mol. The summed E-state index contributed by atoms with van der Waals surface area (Å²) in [5, 5.41) is 6.05. The van der Waals surface area contributed by atoms with Crippen LogP contribution in [0.4, 0.5) is 13.2 Å². The lowest BCUT2D eigenvalue weighted by Crippen LogP contribution is -1.93. The maximum atomic E-state index is 13.2.